The molecular weight excluding hydrogens is 430 g/mol. The first kappa shape index (κ1) is 25.3. The van der Waals surface area contributed by atoms with E-state index in [0.29, 0.717) is 18.9 Å². The number of carbonyl (C=O) groups is 1. The fourth-order valence-corrected chi connectivity index (χ4v) is 3.81. The van der Waals surface area contributed by atoms with E-state index in [2.05, 4.69) is 25.9 Å². The summed E-state index contributed by atoms with van der Waals surface area (Å²) in [4.78, 5) is 25.2. The van der Waals surface area contributed by atoms with Gasteiger partial charge in [-0.25, -0.2) is 9.59 Å². The van der Waals surface area contributed by atoms with Crippen molar-refractivity contribution in [2.45, 2.75) is 73.0 Å². The number of aromatic nitrogens is 3. The summed E-state index contributed by atoms with van der Waals surface area (Å²) in [6.45, 7) is 16.1. The summed E-state index contributed by atoms with van der Waals surface area (Å²) < 4.78 is 14.2. The number of hydrogen-bond acceptors (Lipinski definition) is 5. The summed E-state index contributed by atoms with van der Waals surface area (Å²) in [5, 5.41) is 4.31. The van der Waals surface area contributed by atoms with Crippen molar-refractivity contribution >= 4 is 5.97 Å². The van der Waals surface area contributed by atoms with Gasteiger partial charge in [-0.2, -0.15) is 9.78 Å². The van der Waals surface area contributed by atoms with Crippen LogP contribution in [0.25, 0.3) is 5.69 Å². The fraction of sp³-hybridized carbons (Fsp3) is 0.444. The zero-order valence-corrected chi connectivity index (χ0v) is 21.4. The van der Waals surface area contributed by atoms with Gasteiger partial charge in [-0.05, 0) is 74.4 Å². The standard InChI is InChI=1S/C27H35N3O4/c1-9-33-24(31)27(7,8)34-23-18(2)14-20(15-19(23)3)16-29-17-28-30(25(29)32)22-12-10-21(11-13-22)26(4,5)6/h10-15,17H,9,16H2,1-8H3. The largest absolute Gasteiger partial charge is 0.476 e. The van der Waals surface area contributed by atoms with Gasteiger partial charge in [0.2, 0.25) is 0 Å². The second-order valence-electron chi connectivity index (χ2n) is 10.1. The predicted molar refractivity (Wildman–Crippen MR) is 133 cm³/mol. The highest BCUT2D eigenvalue weighted by atomic mass is 16.6. The predicted octanol–water partition coefficient (Wildman–Crippen LogP) is 4.72. The third kappa shape index (κ3) is 5.41. The van der Waals surface area contributed by atoms with Crippen LogP contribution in [0.3, 0.4) is 0 Å². The van der Waals surface area contributed by atoms with Crippen LogP contribution < -0.4 is 10.4 Å². The van der Waals surface area contributed by atoms with E-state index in [4.69, 9.17) is 9.47 Å². The highest BCUT2D eigenvalue weighted by Gasteiger charge is 2.32. The topological polar surface area (TPSA) is 75.3 Å². The lowest BCUT2D eigenvalue weighted by Crippen LogP contribution is -2.40. The molecule has 7 heteroatoms. The van der Waals surface area contributed by atoms with Crippen molar-refractivity contribution in [2.75, 3.05) is 6.61 Å². The van der Waals surface area contributed by atoms with Crippen LogP contribution in [0.1, 0.15) is 63.8 Å². The van der Waals surface area contributed by atoms with Crippen molar-refractivity contribution in [1.29, 1.82) is 0 Å². The maximum atomic E-state index is 13.0. The Morgan fingerprint density at radius 1 is 1.00 bits per heavy atom. The van der Waals surface area contributed by atoms with E-state index in [0.717, 1.165) is 22.4 Å². The van der Waals surface area contributed by atoms with Gasteiger partial charge in [-0.1, -0.05) is 45.0 Å². The minimum Gasteiger partial charge on any atom is -0.476 e. The van der Waals surface area contributed by atoms with Gasteiger partial charge in [0.25, 0.3) is 0 Å². The van der Waals surface area contributed by atoms with Gasteiger partial charge in [-0.15, -0.1) is 0 Å². The van der Waals surface area contributed by atoms with Crippen LogP contribution in [0, 0.1) is 13.8 Å². The Bertz CT molecular complexity index is 1200. The first-order chi connectivity index (χ1) is 15.8. The van der Waals surface area contributed by atoms with Crippen LogP contribution in [-0.4, -0.2) is 32.5 Å². The minimum absolute atomic E-state index is 0.0416. The lowest BCUT2D eigenvalue weighted by Gasteiger charge is -2.26. The number of rotatable bonds is 7. The molecule has 1 aromatic heterocycles. The van der Waals surface area contributed by atoms with Crippen LogP contribution in [0.15, 0.2) is 47.5 Å². The van der Waals surface area contributed by atoms with Gasteiger partial charge >= 0.3 is 11.7 Å². The van der Waals surface area contributed by atoms with Crippen molar-refractivity contribution in [3.63, 3.8) is 0 Å². The normalized spacial score (nSPS) is 12.0. The monoisotopic (exact) mass is 465 g/mol. The molecule has 0 N–H and O–H groups in total. The Hall–Kier alpha value is -3.35. The molecule has 0 aliphatic rings. The molecule has 0 saturated carbocycles. The average molecular weight is 466 g/mol. The third-order valence-corrected chi connectivity index (χ3v) is 5.71. The van der Waals surface area contributed by atoms with Crippen molar-refractivity contribution in [1.82, 2.24) is 14.3 Å². The van der Waals surface area contributed by atoms with E-state index in [1.807, 2.05) is 50.2 Å². The zero-order valence-electron chi connectivity index (χ0n) is 21.4. The van der Waals surface area contributed by atoms with Gasteiger partial charge in [0.05, 0.1) is 18.8 Å². The van der Waals surface area contributed by atoms with E-state index in [1.54, 1.807) is 31.7 Å². The van der Waals surface area contributed by atoms with E-state index in [9.17, 15) is 9.59 Å². The van der Waals surface area contributed by atoms with Crippen LogP contribution >= 0.6 is 0 Å². The van der Waals surface area contributed by atoms with Gasteiger partial charge < -0.3 is 9.47 Å². The first-order valence-corrected chi connectivity index (χ1v) is 11.5. The maximum Gasteiger partial charge on any atom is 0.350 e. The molecular formula is C27H35N3O4. The number of hydrogen-bond donors (Lipinski definition) is 0. The smallest absolute Gasteiger partial charge is 0.350 e. The van der Waals surface area contributed by atoms with Crippen molar-refractivity contribution < 1.29 is 14.3 Å². The first-order valence-electron chi connectivity index (χ1n) is 11.5. The molecule has 2 aromatic carbocycles. The number of ether oxygens (including phenoxy) is 2. The van der Waals surface area contributed by atoms with Gasteiger partial charge in [-0.3, -0.25) is 4.57 Å². The van der Waals surface area contributed by atoms with Crippen LogP contribution in [-0.2, 0) is 21.5 Å². The molecule has 0 aliphatic heterocycles. The molecule has 0 unspecified atom stereocenters. The summed E-state index contributed by atoms with van der Waals surface area (Å²) in [5.74, 6) is 0.233. The van der Waals surface area contributed by atoms with Gasteiger partial charge in [0.15, 0.2) is 5.60 Å². The highest BCUT2D eigenvalue weighted by Crippen LogP contribution is 2.29. The highest BCUT2D eigenvalue weighted by molar-refractivity contribution is 5.79. The van der Waals surface area contributed by atoms with Crippen molar-refractivity contribution in [2.24, 2.45) is 0 Å². The molecule has 0 radical (unpaired) electrons. The molecule has 7 nitrogen and oxygen atoms in total. The Morgan fingerprint density at radius 2 is 1.59 bits per heavy atom. The van der Waals surface area contributed by atoms with Gasteiger partial charge in [0, 0.05) is 0 Å². The Morgan fingerprint density at radius 3 is 2.12 bits per heavy atom. The summed E-state index contributed by atoms with van der Waals surface area (Å²) in [6.07, 6.45) is 1.55. The SMILES string of the molecule is CCOC(=O)C(C)(C)Oc1c(C)cc(Cn2cnn(-c3ccc(C(C)(C)C)cc3)c2=O)cc1C. The lowest BCUT2D eigenvalue weighted by molar-refractivity contribution is -0.158. The number of carbonyl (C=O) groups excluding carboxylic acids is 1. The Balaban J connectivity index is 1.83. The van der Waals surface area contributed by atoms with Crippen molar-refractivity contribution in [3.8, 4) is 11.4 Å². The summed E-state index contributed by atoms with van der Waals surface area (Å²) in [6, 6.07) is 11.8. The molecule has 0 spiro atoms. The molecule has 0 bridgehead atoms. The average Bonchev–Trinajstić information content (AvgIpc) is 3.10. The van der Waals surface area contributed by atoms with E-state index in [1.165, 1.54) is 10.2 Å². The molecule has 182 valence electrons. The molecule has 1 heterocycles. The number of nitrogens with zero attached hydrogens (tertiary/aromatic N) is 3. The zero-order chi connectivity index (χ0) is 25.3. The summed E-state index contributed by atoms with van der Waals surface area (Å²) >= 11 is 0. The second-order valence-corrected chi connectivity index (χ2v) is 10.1. The maximum absolute atomic E-state index is 13.0. The molecule has 0 fully saturated rings. The van der Waals surface area contributed by atoms with Crippen LogP contribution in [0.4, 0.5) is 0 Å². The molecule has 0 amide bonds. The molecule has 3 rings (SSSR count). The van der Waals surface area contributed by atoms with E-state index < -0.39 is 11.6 Å². The number of esters is 1. The summed E-state index contributed by atoms with van der Waals surface area (Å²) in [5.41, 5.74) is 3.37. The lowest BCUT2D eigenvalue weighted by atomic mass is 9.87. The Labute approximate surface area is 201 Å². The number of benzene rings is 2. The second kappa shape index (κ2) is 9.49. The Kier molecular flexibility index (Phi) is 7.05. The molecule has 0 saturated heterocycles. The van der Waals surface area contributed by atoms with E-state index >= 15 is 0 Å². The van der Waals surface area contributed by atoms with Crippen LogP contribution in [0.5, 0.6) is 5.75 Å². The van der Waals surface area contributed by atoms with Crippen molar-refractivity contribution in [3.05, 3.63) is 75.5 Å². The van der Waals surface area contributed by atoms with Gasteiger partial charge in [0.1, 0.15) is 12.1 Å². The molecule has 0 atom stereocenters. The number of aryl methyl sites for hydroxylation is 2. The minimum atomic E-state index is -1.10. The third-order valence-electron chi connectivity index (χ3n) is 5.71. The molecule has 34 heavy (non-hydrogen) atoms. The fourth-order valence-electron chi connectivity index (χ4n) is 3.81. The quantitative estimate of drug-likeness (QED) is 0.472. The molecule has 0 aliphatic carbocycles. The summed E-state index contributed by atoms with van der Waals surface area (Å²) in [7, 11) is 0. The van der Waals surface area contributed by atoms with E-state index in [-0.39, 0.29) is 11.1 Å². The molecule has 3 aromatic rings. The van der Waals surface area contributed by atoms with Crippen LogP contribution in [0.2, 0.25) is 0 Å².